The Labute approximate surface area is 158 Å². The van der Waals surface area contributed by atoms with Gasteiger partial charge in [-0.05, 0) is 59.9 Å². The highest BCUT2D eigenvalue weighted by Gasteiger charge is 2.48. The second kappa shape index (κ2) is 7.84. The molecule has 0 aliphatic carbocycles. The van der Waals surface area contributed by atoms with Crippen LogP contribution in [0.4, 0.5) is 0 Å². The molecule has 0 aromatic carbocycles. The lowest BCUT2D eigenvalue weighted by Gasteiger charge is -2.56. The monoisotopic (exact) mass is 383 g/mol. The van der Waals surface area contributed by atoms with Gasteiger partial charge < -0.3 is 39.6 Å². The number of carbonyl (C=O) groups is 4. The molecule has 0 spiro atoms. The molecule has 0 N–H and O–H groups in total. The van der Waals surface area contributed by atoms with Gasteiger partial charge >= 0.3 is 0 Å². The summed E-state index contributed by atoms with van der Waals surface area (Å²) in [6.07, 6.45) is -0.689. The van der Waals surface area contributed by atoms with Crippen LogP contribution >= 0.6 is 0 Å². The van der Waals surface area contributed by atoms with Crippen LogP contribution in [0.25, 0.3) is 0 Å². The fraction of sp³-hybridized carbons (Fsp3) is 0.778. The quantitative estimate of drug-likeness (QED) is 0.408. The van der Waals surface area contributed by atoms with Crippen LogP contribution in [0.15, 0.2) is 0 Å². The van der Waals surface area contributed by atoms with Gasteiger partial charge in [-0.3, -0.25) is 4.90 Å². The standard InChI is InChI=1S/C18H29NO8/c1-17(2)7-9(8-18(3,4)19(17)5)12(15(24)25)13(16(26)27)10(14(22)23)6-11(20)21/h9-10,12-13H,6-8H2,1-5H3,(H,20,21)(H,22,23)(H,24,25)(H,26,27)/p-4. The van der Waals surface area contributed by atoms with E-state index in [2.05, 4.69) is 0 Å². The lowest BCUT2D eigenvalue weighted by atomic mass is 9.64. The zero-order valence-electron chi connectivity index (χ0n) is 16.1. The van der Waals surface area contributed by atoms with Crippen molar-refractivity contribution in [1.82, 2.24) is 4.90 Å². The van der Waals surface area contributed by atoms with Crippen molar-refractivity contribution in [2.45, 2.75) is 58.0 Å². The van der Waals surface area contributed by atoms with Crippen LogP contribution in [0.5, 0.6) is 0 Å². The van der Waals surface area contributed by atoms with Crippen molar-refractivity contribution in [1.29, 1.82) is 0 Å². The first-order chi connectivity index (χ1) is 12.1. The summed E-state index contributed by atoms with van der Waals surface area (Å²) in [4.78, 5) is 47.8. The molecule has 1 saturated heterocycles. The maximum atomic E-state index is 11.9. The van der Waals surface area contributed by atoms with E-state index in [0.29, 0.717) is 0 Å². The number of hydrogen-bond donors (Lipinski definition) is 0. The van der Waals surface area contributed by atoms with Crippen molar-refractivity contribution in [2.24, 2.45) is 23.7 Å². The highest BCUT2D eigenvalue weighted by Crippen LogP contribution is 2.45. The predicted octanol–water partition coefficient (Wildman–Crippen LogP) is -3.88. The first-order valence-corrected chi connectivity index (χ1v) is 8.68. The Bertz CT molecular complexity index is 609. The summed E-state index contributed by atoms with van der Waals surface area (Å²) in [5.41, 5.74) is -1.02. The van der Waals surface area contributed by atoms with E-state index in [9.17, 15) is 39.6 Å². The molecule has 27 heavy (non-hydrogen) atoms. The molecule has 9 heteroatoms. The fourth-order valence-electron chi connectivity index (χ4n) is 4.43. The van der Waals surface area contributed by atoms with Gasteiger partial charge in [0.05, 0.1) is 0 Å². The molecule has 0 bridgehead atoms. The van der Waals surface area contributed by atoms with Crippen LogP contribution < -0.4 is 20.4 Å². The Kier molecular flexibility index (Phi) is 6.64. The molecule has 1 aliphatic rings. The molecule has 1 heterocycles. The van der Waals surface area contributed by atoms with Crippen molar-refractivity contribution in [3.63, 3.8) is 0 Å². The van der Waals surface area contributed by atoms with Gasteiger partial charge in [0, 0.05) is 52.7 Å². The second-order valence-corrected chi connectivity index (χ2v) is 8.54. The Morgan fingerprint density at radius 3 is 1.63 bits per heavy atom. The summed E-state index contributed by atoms with van der Waals surface area (Å²) in [6, 6.07) is 0. The van der Waals surface area contributed by atoms with E-state index in [1.807, 2.05) is 39.6 Å². The summed E-state index contributed by atoms with van der Waals surface area (Å²) in [5, 5.41) is 45.8. The number of hydrogen-bond acceptors (Lipinski definition) is 9. The summed E-state index contributed by atoms with van der Waals surface area (Å²) in [7, 11) is 1.86. The number of carboxylic acids is 4. The minimum atomic E-state index is -2.11. The molecule has 0 aromatic rings. The van der Waals surface area contributed by atoms with Gasteiger partial charge in [0.15, 0.2) is 0 Å². The zero-order chi connectivity index (χ0) is 21.3. The maximum absolute atomic E-state index is 11.9. The summed E-state index contributed by atoms with van der Waals surface area (Å²) in [6.45, 7) is 7.44. The minimum Gasteiger partial charge on any atom is -0.550 e. The first-order valence-electron chi connectivity index (χ1n) is 8.68. The van der Waals surface area contributed by atoms with E-state index in [-0.39, 0.29) is 12.8 Å². The van der Waals surface area contributed by atoms with E-state index in [1.165, 1.54) is 0 Å². The molecule has 0 saturated carbocycles. The van der Waals surface area contributed by atoms with E-state index in [0.717, 1.165) is 0 Å². The molecule has 9 nitrogen and oxygen atoms in total. The molecule has 3 unspecified atom stereocenters. The van der Waals surface area contributed by atoms with Crippen molar-refractivity contribution >= 4 is 23.9 Å². The topological polar surface area (TPSA) is 164 Å². The van der Waals surface area contributed by atoms with Crippen LogP contribution in [-0.2, 0) is 19.2 Å². The third kappa shape index (κ3) is 4.97. The van der Waals surface area contributed by atoms with Crippen molar-refractivity contribution < 1.29 is 39.6 Å². The van der Waals surface area contributed by atoms with Gasteiger partial charge in [0.2, 0.25) is 0 Å². The largest absolute Gasteiger partial charge is 0.550 e. The average Bonchev–Trinajstić information content (AvgIpc) is 2.46. The van der Waals surface area contributed by atoms with Crippen molar-refractivity contribution in [3.8, 4) is 0 Å². The summed E-state index contributed by atoms with van der Waals surface area (Å²) >= 11 is 0. The third-order valence-corrected chi connectivity index (χ3v) is 5.90. The molecule has 1 fully saturated rings. The van der Waals surface area contributed by atoms with Gasteiger partial charge in [-0.25, -0.2) is 0 Å². The zero-order valence-corrected chi connectivity index (χ0v) is 16.1. The number of rotatable bonds is 8. The lowest BCUT2D eigenvalue weighted by Crippen LogP contribution is -2.62. The maximum Gasteiger partial charge on any atom is 0.0458 e. The minimum absolute atomic E-state index is 0.250. The Balaban J connectivity index is 3.42. The van der Waals surface area contributed by atoms with Crippen LogP contribution in [0, 0.1) is 23.7 Å². The number of piperidine rings is 1. The van der Waals surface area contributed by atoms with Crippen molar-refractivity contribution in [2.75, 3.05) is 7.05 Å². The molecule has 0 radical (unpaired) electrons. The van der Waals surface area contributed by atoms with E-state index in [1.54, 1.807) is 0 Å². The van der Waals surface area contributed by atoms with Gasteiger partial charge in [-0.2, -0.15) is 0 Å². The van der Waals surface area contributed by atoms with Gasteiger partial charge in [0.1, 0.15) is 0 Å². The SMILES string of the molecule is CN1C(C)(C)CC(C(C(=O)[O-])C(C(=O)[O-])C(CC(=O)[O-])C(=O)[O-])CC1(C)C. The number of likely N-dealkylation sites (tertiary alicyclic amines) is 1. The van der Waals surface area contributed by atoms with Gasteiger partial charge in [0.25, 0.3) is 0 Å². The van der Waals surface area contributed by atoms with E-state index >= 15 is 0 Å². The van der Waals surface area contributed by atoms with E-state index < -0.39 is 65.0 Å². The smallest absolute Gasteiger partial charge is 0.0458 e. The van der Waals surface area contributed by atoms with Crippen LogP contribution in [0.3, 0.4) is 0 Å². The third-order valence-electron chi connectivity index (χ3n) is 5.90. The Hall–Kier alpha value is -2.16. The molecule has 154 valence electrons. The predicted molar refractivity (Wildman–Crippen MR) is 83.8 cm³/mol. The molecule has 0 amide bonds. The Morgan fingerprint density at radius 1 is 0.889 bits per heavy atom. The highest BCUT2D eigenvalue weighted by atomic mass is 16.4. The molecule has 0 aromatic heterocycles. The number of carboxylic acid groups (broad SMARTS) is 4. The number of nitrogens with zero attached hydrogens (tertiary/aromatic N) is 1. The fourth-order valence-corrected chi connectivity index (χ4v) is 4.43. The normalized spacial score (nSPS) is 23.1. The van der Waals surface area contributed by atoms with Crippen LogP contribution in [-0.4, -0.2) is 46.9 Å². The van der Waals surface area contributed by atoms with Crippen LogP contribution in [0.2, 0.25) is 0 Å². The highest BCUT2D eigenvalue weighted by molar-refractivity contribution is 5.85. The lowest BCUT2D eigenvalue weighted by molar-refractivity contribution is -0.341. The van der Waals surface area contributed by atoms with E-state index in [4.69, 9.17) is 0 Å². The van der Waals surface area contributed by atoms with Gasteiger partial charge in [-0.15, -0.1) is 0 Å². The summed E-state index contributed by atoms with van der Waals surface area (Å²) in [5.74, 6) is -14.2. The molecular weight excluding hydrogens is 358 g/mol. The number of aliphatic carboxylic acids is 4. The first kappa shape index (κ1) is 22.9. The number of carbonyl (C=O) groups excluding carboxylic acids is 4. The van der Waals surface area contributed by atoms with Crippen LogP contribution in [0.1, 0.15) is 47.0 Å². The Morgan fingerprint density at radius 2 is 1.33 bits per heavy atom. The summed E-state index contributed by atoms with van der Waals surface area (Å²) < 4.78 is 0. The molecule has 1 rings (SSSR count). The molecule has 3 atom stereocenters. The second-order valence-electron chi connectivity index (χ2n) is 8.54. The van der Waals surface area contributed by atoms with Crippen molar-refractivity contribution in [3.05, 3.63) is 0 Å². The van der Waals surface area contributed by atoms with Gasteiger partial charge in [-0.1, -0.05) is 0 Å². The molecule has 1 aliphatic heterocycles. The average molecular weight is 383 g/mol. The molecular formula is C18H25NO8-4.